The molecule has 5 rings (SSSR count). The van der Waals surface area contributed by atoms with E-state index in [1.54, 1.807) is 0 Å². The lowest BCUT2D eigenvalue weighted by Crippen LogP contribution is -2.59. The molecule has 6 nitrogen and oxygen atoms in total. The molecule has 1 N–H and O–H groups in total. The quantitative estimate of drug-likeness (QED) is 0.413. The van der Waals surface area contributed by atoms with Crippen LogP contribution in [0.5, 0.6) is 0 Å². The van der Waals surface area contributed by atoms with Crippen molar-refractivity contribution in [1.82, 2.24) is 4.90 Å². The normalized spacial score (nSPS) is 40.5. The SMILES string of the molecule is CCN(CC)CCCC(=O)OC1(C)CC2CC(C)(O)CC(OC(=O)CC34CCC(CC3)CC4)(C2)C1. The van der Waals surface area contributed by atoms with Gasteiger partial charge in [-0.2, -0.15) is 0 Å². The smallest absolute Gasteiger partial charge is 0.306 e. The third-order valence-electron chi connectivity index (χ3n) is 9.72. The molecule has 6 heteroatoms. The van der Waals surface area contributed by atoms with Crippen LogP contribution in [-0.4, -0.2) is 58.4 Å². The van der Waals surface area contributed by atoms with Crippen molar-refractivity contribution in [3.8, 4) is 0 Å². The molecule has 5 saturated carbocycles. The van der Waals surface area contributed by atoms with Crippen molar-refractivity contribution in [1.29, 1.82) is 0 Å². The topological polar surface area (TPSA) is 76.1 Å². The van der Waals surface area contributed by atoms with Crippen molar-refractivity contribution in [2.24, 2.45) is 17.3 Å². The van der Waals surface area contributed by atoms with Crippen molar-refractivity contribution < 1.29 is 24.2 Å². The fourth-order valence-corrected chi connectivity index (χ4v) is 8.39. The first-order valence-corrected chi connectivity index (χ1v) is 14.4. The largest absolute Gasteiger partial charge is 0.459 e. The van der Waals surface area contributed by atoms with Crippen molar-refractivity contribution in [3.63, 3.8) is 0 Å². The van der Waals surface area contributed by atoms with E-state index in [1.165, 1.54) is 19.3 Å². The van der Waals surface area contributed by atoms with E-state index in [0.29, 0.717) is 32.1 Å². The summed E-state index contributed by atoms with van der Waals surface area (Å²) in [4.78, 5) is 28.5. The number of fused-ring (bicyclic) bond motifs is 5. The van der Waals surface area contributed by atoms with E-state index in [-0.39, 0.29) is 23.3 Å². The van der Waals surface area contributed by atoms with Gasteiger partial charge >= 0.3 is 11.9 Å². The Balaban J connectivity index is 1.40. The number of aliphatic hydroxyl groups is 1. The van der Waals surface area contributed by atoms with E-state index in [2.05, 4.69) is 18.7 Å². The summed E-state index contributed by atoms with van der Waals surface area (Å²) in [5, 5.41) is 11.0. The average Bonchev–Trinajstić information content (AvgIpc) is 2.75. The van der Waals surface area contributed by atoms with E-state index in [0.717, 1.165) is 64.1 Å². The molecule has 0 aromatic heterocycles. The molecule has 0 radical (unpaired) electrons. The number of carbonyl (C=O) groups excluding carboxylic acids is 2. The Morgan fingerprint density at radius 3 is 2.17 bits per heavy atom. The zero-order valence-electron chi connectivity index (χ0n) is 22.7. The van der Waals surface area contributed by atoms with Crippen LogP contribution in [0.1, 0.15) is 118 Å². The summed E-state index contributed by atoms with van der Waals surface area (Å²) in [5.41, 5.74) is -2.15. The van der Waals surface area contributed by atoms with E-state index < -0.39 is 16.8 Å². The molecule has 0 saturated heterocycles. The lowest BCUT2D eigenvalue weighted by atomic mass is 9.59. The molecule has 0 spiro atoms. The maximum atomic E-state index is 13.3. The molecule has 4 unspecified atom stereocenters. The zero-order chi connectivity index (χ0) is 25.3. The maximum Gasteiger partial charge on any atom is 0.306 e. The molecule has 35 heavy (non-hydrogen) atoms. The van der Waals surface area contributed by atoms with Crippen LogP contribution in [0, 0.1) is 17.3 Å². The van der Waals surface area contributed by atoms with Gasteiger partial charge in [-0.15, -0.1) is 0 Å². The third kappa shape index (κ3) is 6.60. The van der Waals surface area contributed by atoms with Crippen molar-refractivity contribution in [2.75, 3.05) is 19.6 Å². The number of hydrogen-bond donors (Lipinski definition) is 1. The number of esters is 2. The van der Waals surface area contributed by atoms with Crippen LogP contribution in [0.2, 0.25) is 0 Å². The second-order valence-electron chi connectivity index (χ2n) is 13.2. The molecule has 200 valence electrons. The lowest BCUT2D eigenvalue weighted by Gasteiger charge is -2.55. The minimum absolute atomic E-state index is 0.114. The van der Waals surface area contributed by atoms with Crippen molar-refractivity contribution >= 4 is 11.9 Å². The molecule has 5 aliphatic carbocycles. The molecule has 0 amide bonds. The fraction of sp³-hybridized carbons (Fsp3) is 0.931. The van der Waals surface area contributed by atoms with Gasteiger partial charge in [-0.3, -0.25) is 9.59 Å². The van der Waals surface area contributed by atoms with Gasteiger partial charge in [0.15, 0.2) is 0 Å². The van der Waals surface area contributed by atoms with Crippen LogP contribution in [0.15, 0.2) is 0 Å². The summed E-state index contributed by atoms with van der Waals surface area (Å²) in [5.74, 6) is 0.765. The van der Waals surface area contributed by atoms with Crippen LogP contribution in [0.3, 0.4) is 0 Å². The van der Waals surface area contributed by atoms with Crippen molar-refractivity contribution in [3.05, 3.63) is 0 Å². The Morgan fingerprint density at radius 2 is 1.54 bits per heavy atom. The van der Waals surface area contributed by atoms with Crippen LogP contribution >= 0.6 is 0 Å². The highest BCUT2D eigenvalue weighted by Crippen LogP contribution is 2.55. The van der Waals surface area contributed by atoms with Crippen LogP contribution < -0.4 is 0 Å². The van der Waals surface area contributed by atoms with Gasteiger partial charge in [0, 0.05) is 19.3 Å². The highest BCUT2D eigenvalue weighted by Gasteiger charge is 2.57. The van der Waals surface area contributed by atoms with Gasteiger partial charge in [-0.25, -0.2) is 0 Å². The van der Waals surface area contributed by atoms with Gasteiger partial charge < -0.3 is 19.5 Å². The number of nitrogens with zero attached hydrogens (tertiary/aromatic N) is 1. The summed E-state index contributed by atoms with van der Waals surface area (Å²) >= 11 is 0. The molecular weight excluding hydrogens is 442 g/mol. The lowest BCUT2D eigenvalue weighted by molar-refractivity contribution is -0.217. The molecule has 4 atom stereocenters. The average molecular weight is 492 g/mol. The molecular formula is C29H49NO5. The summed E-state index contributed by atoms with van der Waals surface area (Å²) in [6.45, 7) is 11.0. The zero-order valence-corrected chi connectivity index (χ0v) is 22.7. The first-order chi connectivity index (χ1) is 16.5. The third-order valence-corrected chi connectivity index (χ3v) is 9.72. The van der Waals surface area contributed by atoms with Gasteiger partial charge in [0.05, 0.1) is 12.0 Å². The Bertz CT molecular complexity index is 755. The summed E-state index contributed by atoms with van der Waals surface area (Å²) in [6, 6.07) is 0. The second kappa shape index (κ2) is 10.3. The highest BCUT2D eigenvalue weighted by molar-refractivity contribution is 5.71. The summed E-state index contributed by atoms with van der Waals surface area (Å²) in [7, 11) is 0. The first-order valence-electron chi connectivity index (χ1n) is 14.4. The van der Waals surface area contributed by atoms with Crippen LogP contribution in [-0.2, 0) is 19.1 Å². The van der Waals surface area contributed by atoms with Crippen LogP contribution in [0.25, 0.3) is 0 Å². The predicted molar refractivity (Wildman–Crippen MR) is 136 cm³/mol. The van der Waals surface area contributed by atoms with Gasteiger partial charge in [0.1, 0.15) is 11.2 Å². The van der Waals surface area contributed by atoms with Gasteiger partial charge in [-0.05, 0) is 115 Å². The Kier molecular flexibility index (Phi) is 7.93. The highest BCUT2D eigenvalue weighted by atomic mass is 16.6. The molecule has 4 bridgehead atoms. The van der Waals surface area contributed by atoms with E-state index in [1.807, 2.05) is 13.8 Å². The van der Waals surface area contributed by atoms with Gasteiger partial charge in [0.2, 0.25) is 0 Å². The number of carbonyl (C=O) groups is 2. The molecule has 5 fully saturated rings. The number of rotatable bonds is 10. The van der Waals surface area contributed by atoms with Gasteiger partial charge in [0.25, 0.3) is 0 Å². The Labute approximate surface area is 212 Å². The Hall–Kier alpha value is -1.14. The van der Waals surface area contributed by atoms with E-state index in [4.69, 9.17) is 9.47 Å². The molecule has 0 aromatic rings. The van der Waals surface area contributed by atoms with Gasteiger partial charge in [-0.1, -0.05) is 13.8 Å². The molecule has 0 aliphatic heterocycles. The van der Waals surface area contributed by atoms with E-state index >= 15 is 0 Å². The minimum atomic E-state index is -0.862. The minimum Gasteiger partial charge on any atom is -0.459 e. The summed E-state index contributed by atoms with van der Waals surface area (Å²) in [6.07, 6.45) is 11.9. The Morgan fingerprint density at radius 1 is 0.886 bits per heavy atom. The van der Waals surface area contributed by atoms with E-state index in [9.17, 15) is 14.7 Å². The summed E-state index contributed by atoms with van der Waals surface area (Å²) < 4.78 is 12.5. The maximum absolute atomic E-state index is 13.3. The van der Waals surface area contributed by atoms with Crippen LogP contribution in [0.4, 0.5) is 0 Å². The first kappa shape index (κ1) is 26.9. The molecule has 5 aliphatic rings. The predicted octanol–water partition coefficient (Wildman–Crippen LogP) is 5.40. The number of ether oxygens (including phenoxy) is 2. The number of hydrogen-bond acceptors (Lipinski definition) is 6. The standard InChI is InChI=1S/C29H49NO5/c1-5-30(6-2)15-7-8-24(31)34-27(4)17-23-16-26(3,33)20-29(18-23,21-27)35-25(32)19-28-12-9-22(10-13-28)11-14-28/h22-23,33H,5-21H2,1-4H3. The molecule has 0 heterocycles. The second-order valence-corrected chi connectivity index (χ2v) is 13.2. The molecule has 0 aromatic carbocycles. The monoisotopic (exact) mass is 491 g/mol. The fourth-order valence-electron chi connectivity index (χ4n) is 8.39. The van der Waals surface area contributed by atoms with Crippen molar-refractivity contribution in [2.45, 2.75) is 134 Å².